The van der Waals surface area contributed by atoms with Crippen molar-refractivity contribution in [3.8, 4) is 11.8 Å². The number of nitriles is 1. The maximum atomic E-state index is 13.0. The minimum Gasteiger partial charge on any atom is -0.434 e. The smallest absolute Gasteiger partial charge is 0.387 e. The Morgan fingerprint density at radius 1 is 1.19 bits per heavy atom. The van der Waals surface area contributed by atoms with Gasteiger partial charge in [-0.1, -0.05) is 18.2 Å². The average Bonchev–Trinajstić information content (AvgIpc) is 2.46. The molecule has 0 spiro atoms. The first-order chi connectivity index (χ1) is 10.1. The standard InChI is InChI=1S/C15H11F3N2O/c16-12-5-6-13(11(7-12)8-19)20-9-10-3-1-2-4-14(10)21-15(17)18/h1-7,15,20H,9H2. The molecule has 0 aliphatic heterocycles. The van der Waals surface area contributed by atoms with Gasteiger partial charge in [-0.3, -0.25) is 0 Å². The number of benzene rings is 2. The summed E-state index contributed by atoms with van der Waals surface area (Å²) in [4.78, 5) is 0. The molecule has 0 bridgehead atoms. The molecule has 0 saturated heterocycles. The number of hydrogen-bond acceptors (Lipinski definition) is 3. The number of hydrogen-bond donors (Lipinski definition) is 1. The molecule has 0 saturated carbocycles. The van der Waals surface area contributed by atoms with E-state index in [4.69, 9.17) is 5.26 Å². The summed E-state index contributed by atoms with van der Waals surface area (Å²) in [6.45, 7) is -2.74. The Labute approximate surface area is 119 Å². The fourth-order valence-corrected chi connectivity index (χ4v) is 1.81. The van der Waals surface area contributed by atoms with E-state index in [1.807, 2.05) is 6.07 Å². The van der Waals surface area contributed by atoms with E-state index >= 15 is 0 Å². The third kappa shape index (κ3) is 3.89. The maximum absolute atomic E-state index is 13.0. The van der Waals surface area contributed by atoms with Crippen molar-refractivity contribution in [2.75, 3.05) is 5.32 Å². The molecule has 0 unspecified atom stereocenters. The fourth-order valence-electron chi connectivity index (χ4n) is 1.81. The highest BCUT2D eigenvalue weighted by atomic mass is 19.3. The number of nitrogens with zero attached hydrogens (tertiary/aromatic N) is 1. The van der Waals surface area contributed by atoms with Gasteiger partial charge >= 0.3 is 6.61 Å². The lowest BCUT2D eigenvalue weighted by Gasteiger charge is -2.12. The topological polar surface area (TPSA) is 45.0 Å². The van der Waals surface area contributed by atoms with Gasteiger partial charge in [0.1, 0.15) is 17.6 Å². The van der Waals surface area contributed by atoms with Gasteiger partial charge in [-0.15, -0.1) is 0 Å². The van der Waals surface area contributed by atoms with Gasteiger partial charge in [-0.2, -0.15) is 14.0 Å². The first-order valence-electron chi connectivity index (χ1n) is 6.06. The monoisotopic (exact) mass is 292 g/mol. The summed E-state index contributed by atoms with van der Waals surface area (Å²) in [5.41, 5.74) is 1.07. The van der Waals surface area contributed by atoms with Crippen molar-refractivity contribution >= 4 is 5.69 Å². The molecule has 2 aromatic carbocycles. The lowest BCUT2D eigenvalue weighted by Crippen LogP contribution is -2.07. The third-order valence-corrected chi connectivity index (χ3v) is 2.76. The number of anilines is 1. The van der Waals surface area contributed by atoms with Gasteiger partial charge in [0.2, 0.25) is 0 Å². The van der Waals surface area contributed by atoms with Crippen molar-refractivity contribution in [1.82, 2.24) is 0 Å². The molecule has 0 radical (unpaired) electrons. The Balaban J connectivity index is 2.15. The molecule has 2 rings (SSSR count). The minimum absolute atomic E-state index is 0.0561. The van der Waals surface area contributed by atoms with Crippen molar-refractivity contribution in [1.29, 1.82) is 5.26 Å². The molecule has 1 N–H and O–H groups in total. The van der Waals surface area contributed by atoms with Crippen LogP contribution >= 0.6 is 0 Å². The molecule has 2 aromatic rings. The van der Waals surface area contributed by atoms with Crippen LogP contribution in [0, 0.1) is 17.1 Å². The summed E-state index contributed by atoms with van der Waals surface area (Å²) in [7, 11) is 0. The van der Waals surface area contributed by atoms with Crippen LogP contribution in [-0.4, -0.2) is 6.61 Å². The highest BCUT2D eigenvalue weighted by molar-refractivity contribution is 5.57. The summed E-state index contributed by atoms with van der Waals surface area (Å²) in [6, 6.07) is 11.9. The second kappa shape index (κ2) is 6.66. The Kier molecular flexibility index (Phi) is 4.67. The molecule has 3 nitrogen and oxygen atoms in total. The van der Waals surface area contributed by atoms with Crippen LogP contribution in [0.5, 0.6) is 5.75 Å². The number of halogens is 3. The number of ether oxygens (including phenoxy) is 1. The number of rotatable bonds is 5. The van der Waals surface area contributed by atoms with Gasteiger partial charge in [-0.05, 0) is 24.3 Å². The summed E-state index contributed by atoms with van der Waals surface area (Å²) >= 11 is 0. The predicted molar refractivity (Wildman–Crippen MR) is 71.5 cm³/mol. The molecular weight excluding hydrogens is 281 g/mol. The molecule has 0 aliphatic carbocycles. The van der Waals surface area contributed by atoms with E-state index in [0.29, 0.717) is 11.3 Å². The van der Waals surface area contributed by atoms with Crippen LogP contribution in [0.25, 0.3) is 0 Å². The molecule has 108 valence electrons. The Bertz CT molecular complexity index is 668. The average molecular weight is 292 g/mol. The van der Waals surface area contributed by atoms with Gasteiger partial charge in [0.25, 0.3) is 0 Å². The van der Waals surface area contributed by atoms with Crippen LogP contribution in [-0.2, 0) is 6.54 Å². The Hall–Kier alpha value is -2.68. The van der Waals surface area contributed by atoms with Crippen LogP contribution in [0.2, 0.25) is 0 Å². The van der Waals surface area contributed by atoms with Gasteiger partial charge < -0.3 is 10.1 Å². The molecule has 21 heavy (non-hydrogen) atoms. The van der Waals surface area contributed by atoms with E-state index < -0.39 is 12.4 Å². The van der Waals surface area contributed by atoms with E-state index in [-0.39, 0.29) is 17.9 Å². The van der Waals surface area contributed by atoms with Gasteiger partial charge in [-0.25, -0.2) is 4.39 Å². The highest BCUT2D eigenvalue weighted by Gasteiger charge is 2.10. The van der Waals surface area contributed by atoms with Crippen LogP contribution in [0.4, 0.5) is 18.9 Å². The van der Waals surface area contributed by atoms with Crippen molar-refractivity contribution in [3.05, 3.63) is 59.4 Å². The fraction of sp³-hybridized carbons (Fsp3) is 0.133. The SMILES string of the molecule is N#Cc1cc(F)ccc1NCc1ccccc1OC(F)F. The molecule has 0 aromatic heterocycles. The van der Waals surface area contributed by atoms with Gasteiger partial charge in [0.15, 0.2) is 0 Å². The van der Waals surface area contributed by atoms with Crippen molar-refractivity contribution in [2.45, 2.75) is 13.2 Å². The van der Waals surface area contributed by atoms with E-state index in [1.165, 1.54) is 18.2 Å². The zero-order valence-corrected chi connectivity index (χ0v) is 10.8. The first-order valence-corrected chi connectivity index (χ1v) is 6.06. The van der Waals surface area contributed by atoms with Crippen molar-refractivity contribution < 1.29 is 17.9 Å². The lowest BCUT2D eigenvalue weighted by atomic mass is 10.1. The predicted octanol–water partition coefficient (Wildman–Crippen LogP) is 3.91. The van der Waals surface area contributed by atoms with Crippen molar-refractivity contribution in [3.63, 3.8) is 0 Å². The lowest BCUT2D eigenvalue weighted by molar-refractivity contribution is -0.0504. The molecule has 0 fully saturated rings. The van der Waals surface area contributed by atoms with Gasteiger partial charge in [0.05, 0.1) is 11.3 Å². The Morgan fingerprint density at radius 3 is 2.67 bits per heavy atom. The maximum Gasteiger partial charge on any atom is 0.387 e. The van der Waals surface area contributed by atoms with Crippen LogP contribution < -0.4 is 10.1 Å². The van der Waals surface area contributed by atoms with E-state index in [9.17, 15) is 13.2 Å². The number of nitrogens with one attached hydrogen (secondary N) is 1. The molecule has 0 amide bonds. The summed E-state index contributed by atoms with van der Waals surface area (Å²) in [5, 5.41) is 11.8. The third-order valence-electron chi connectivity index (χ3n) is 2.76. The largest absolute Gasteiger partial charge is 0.434 e. The van der Waals surface area contributed by atoms with E-state index in [0.717, 1.165) is 6.07 Å². The van der Waals surface area contributed by atoms with E-state index in [1.54, 1.807) is 18.2 Å². The second-order valence-corrected chi connectivity index (χ2v) is 4.14. The minimum atomic E-state index is -2.91. The molecule has 0 aliphatic rings. The quantitative estimate of drug-likeness (QED) is 0.908. The Morgan fingerprint density at radius 2 is 1.95 bits per heavy atom. The molecule has 6 heteroatoms. The normalized spacial score (nSPS) is 10.2. The zero-order chi connectivity index (χ0) is 15.2. The molecular formula is C15H11F3N2O. The summed E-state index contributed by atoms with van der Waals surface area (Å²) < 4.78 is 42.0. The highest BCUT2D eigenvalue weighted by Crippen LogP contribution is 2.23. The van der Waals surface area contributed by atoms with Crippen LogP contribution in [0.3, 0.4) is 0 Å². The second-order valence-electron chi connectivity index (χ2n) is 4.14. The van der Waals surface area contributed by atoms with Crippen LogP contribution in [0.15, 0.2) is 42.5 Å². The summed E-state index contributed by atoms with van der Waals surface area (Å²) in [6.07, 6.45) is 0. The summed E-state index contributed by atoms with van der Waals surface area (Å²) in [5.74, 6) is -0.459. The number of alkyl halides is 2. The number of para-hydroxylation sites is 1. The molecule has 0 heterocycles. The van der Waals surface area contributed by atoms with Crippen LogP contribution in [0.1, 0.15) is 11.1 Å². The van der Waals surface area contributed by atoms with Gasteiger partial charge in [0, 0.05) is 12.1 Å². The van der Waals surface area contributed by atoms with Crippen molar-refractivity contribution in [2.24, 2.45) is 0 Å². The zero-order valence-electron chi connectivity index (χ0n) is 10.8. The van der Waals surface area contributed by atoms with E-state index in [2.05, 4.69) is 10.1 Å². The first kappa shape index (κ1) is 14.7. The molecule has 0 atom stereocenters.